The Morgan fingerprint density at radius 1 is 1.04 bits per heavy atom. The zero-order chi connectivity index (χ0) is 17.2. The molecule has 1 aliphatic heterocycles. The molecule has 122 valence electrons. The number of carbonyl (C=O) groups excluding carboxylic acids is 1. The summed E-state index contributed by atoms with van der Waals surface area (Å²) in [5, 5.41) is 2.55. The van der Waals surface area contributed by atoms with Crippen LogP contribution in [0.4, 0.5) is 0 Å². The van der Waals surface area contributed by atoms with E-state index in [0.29, 0.717) is 4.91 Å². The average molecular weight is 358 g/mol. The highest BCUT2D eigenvalue weighted by atomic mass is 32.2. The number of rotatable bonds is 3. The number of aryl methyl sites for hydroxylation is 1. The molecule has 0 spiro atoms. The average Bonchev–Trinajstić information content (AvgIpc) is 2.87. The van der Waals surface area contributed by atoms with Crippen LogP contribution in [0, 0.1) is 6.92 Å². The lowest BCUT2D eigenvalue weighted by Crippen LogP contribution is -2.20. The van der Waals surface area contributed by atoms with Crippen molar-refractivity contribution < 1.29 is 13.2 Å². The van der Waals surface area contributed by atoms with E-state index in [1.165, 1.54) is 12.1 Å². The molecule has 0 bridgehead atoms. The number of nitrogens with zero attached hydrogens (tertiary/aromatic N) is 1. The summed E-state index contributed by atoms with van der Waals surface area (Å²) in [5.41, 5.74) is 1.82. The molecule has 1 heterocycles. The molecule has 1 N–H and O–H groups in total. The first-order valence-electron chi connectivity index (χ1n) is 7.12. The molecule has 5 nitrogen and oxygen atoms in total. The minimum atomic E-state index is -3.85. The second kappa shape index (κ2) is 6.62. The van der Waals surface area contributed by atoms with Crippen LogP contribution >= 0.6 is 11.8 Å². The first-order chi connectivity index (χ1) is 11.4. The second-order valence-electron chi connectivity index (χ2n) is 5.16. The van der Waals surface area contributed by atoms with E-state index in [1.54, 1.807) is 18.2 Å². The molecule has 2 aromatic rings. The summed E-state index contributed by atoms with van der Waals surface area (Å²) in [6, 6.07) is 15.7. The van der Waals surface area contributed by atoms with Crippen molar-refractivity contribution >= 4 is 38.9 Å². The van der Waals surface area contributed by atoms with Gasteiger partial charge in [0, 0.05) is 0 Å². The normalized spacial score (nSPS) is 18.1. The number of amidine groups is 1. The summed E-state index contributed by atoms with van der Waals surface area (Å²) in [7, 11) is -3.85. The van der Waals surface area contributed by atoms with Gasteiger partial charge in [-0.15, -0.1) is 4.40 Å². The van der Waals surface area contributed by atoms with Gasteiger partial charge in [0.2, 0.25) is 0 Å². The highest BCUT2D eigenvalue weighted by Gasteiger charge is 2.26. The fraction of sp³-hybridized carbons (Fsp3) is 0.0588. The quantitative estimate of drug-likeness (QED) is 0.856. The highest BCUT2D eigenvalue weighted by molar-refractivity contribution is 8.19. The fourth-order valence-corrected chi connectivity index (χ4v) is 4.03. The number of hydrogen-bond acceptors (Lipinski definition) is 4. The summed E-state index contributed by atoms with van der Waals surface area (Å²) in [6.45, 7) is 1.87. The van der Waals surface area contributed by atoms with Gasteiger partial charge in [0.15, 0.2) is 5.17 Å². The zero-order valence-electron chi connectivity index (χ0n) is 12.8. The van der Waals surface area contributed by atoms with Crippen molar-refractivity contribution in [2.75, 3.05) is 0 Å². The Morgan fingerprint density at radius 3 is 2.38 bits per heavy atom. The van der Waals surface area contributed by atoms with E-state index in [2.05, 4.69) is 9.71 Å². The van der Waals surface area contributed by atoms with E-state index >= 15 is 0 Å². The number of carbonyl (C=O) groups is 1. The summed E-state index contributed by atoms with van der Waals surface area (Å²) in [4.78, 5) is 12.5. The van der Waals surface area contributed by atoms with Gasteiger partial charge >= 0.3 is 0 Å². The van der Waals surface area contributed by atoms with Crippen LogP contribution in [-0.2, 0) is 14.8 Å². The highest BCUT2D eigenvalue weighted by Crippen LogP contribution is 2.27. The van der Waals surface area contributed by atoms with Gasteiger partial charge in [0.25, 0.3) is 15.9 Å². The molecular weight excluding hydrogens is 344 g/mol. The first-order valence-corrected chi connectivity index (χ1v) is 9.37. The van der Waals surface area contributed by atoms with Crippen LogP contribution in [0.1, 0.15) is 11.1 Å². The lowest BCUT2D eigenvalue weighted by atomic mass is 10.2. The molecule has 7 heteroatoms. The third-order valence-corrected chi connectivity index (χ3v) is 5.59. The smallest absolute Gasteiger partial charge is 0.284 e. The van der Waals surface area contributed by atoms with E-state index in [0.717, 1.165) is 22.9 Å². The first kappa shape index (κ1) is 16.5. The number of sulfonamides is 1. The van der Waals surface area contributed by atoms with Gasteiger partial charge < -0.3 is 0 Å². The Kier molecular flexibility index (Phi) is 4.55. The molecular formula is C17H14N2O3S2. The van der Waals surface area contributed by atoms with Crippen molar-refractivity contribution in [3.8, 4) is 0 Å². The molecule has 24 heavy (non-hydrogen) atoms. The summed E-state index contributed by atoms with van der Waals surface area (Å²) < 4.78 is 28.3. The van der Waals surface area contributed by atoms with Gasteiger partial charge in [-0.1, -0.05) is 48.0 Å². The number of benzene rings is 2. The predicted octanol–water partition coefficient (Wildman–Crippen LogP) is 2.94. The molecule has 2 aromatic carbocycles. The monoisotopic (exact) mass is 358 g/mol. The Morgan fingerprint density at radius 2 is 1.71 bits per heavy atom. The summed E-state index contributed by atoms with van der Waals surface area (Å²) >= 11 is 1.01. The minimum absolute atomic E-state index is 0.0581. The molecule has 1 aliphatic rings. The molecule has 0 radical (unpaired) electrons. The SMILES string of the molecule is Cc1ccc(S(=O)(=O)/N=C2/NC(=O)/C(=C\c3ccccc3)S2)cc1. The maximum atomic E-state index is 12.3. The van der Waals surface area contributed by atoms with Gasteiger partial charge in [-0.3, -0.25) is 10.1 Å². The standard InChI is InChI=1S/C17H14N2O3S2/c1-12-7-9-14(10-8-12)24(21,22)19-17-18-16(20)15(23-17)11-13-5-3-2-4-6-13/h2-11H,1H3,(H,18,19,20)/b15-11+. The van der Waals surface area contributed by atoms with E-state index < -0.39 is 10.0 Å². The van der Waals surface area contributed by atoms with Crippen LogP contribution in [0.25, 0.3) is 6.08 Å². The number of thioether (sulfide) groups is 1. The van der Waals surface area contributed by atoms with E-state index in [9.17, 15) is 13.2 Å². The largest absolute Gasteiger partial charge is 0.300 e. The van der Waals surface area contributed by atoms with Crippen LogP contribution in [-0.4, -0.2) is 19.5 Å². The van der Waals surface area contributed by atoms with Crippen molar-refractivity contribution in [3.05, 3.63) is 70.6 Å². The van der Waals surface area contributed by atoms with Gasteiger partial charge in [-0.2, -0.15) is 8.42 Å². The number of nitrogens with one attached hydrogen (secondary N) is 1. The van der Waals surface area contributed by atoms with Crippen molar-refractivity contribution in [3.63, 3.8) is 0 Å². The third kappa shape index (κ3) is 3.74. The van der Waals surface area contributed by atoms with Crippen molar-refractivity contribution in [2.24, 2.45) is 4.40 Å². The number of amides is 1. The molecule has 1 saturated heterocycles. The molecule has 3 rings (SSSR count). The maximum absolute atomic E-state index is 12.3. The predicted molar refractivity (Wildman–Crippen MR) is 96.0 cm³/mol. The summed E-state index contributed by atoms with van der Waals surface area (Å²) in [6.07, 6.45) is 1.70. The fourth-order valence-electron chi connectivity index (χ4n) is 2.04. The molecule has 0 aromatic heterocycles. The molecule has 1 amide bonds. The van der Waals surface area contributed by atoms with Crippen LogP contribution in [0.5, 0.6) is 0 Å². The van der Waals surface area contributed by atoms with Gasteiger partial charge in [-0.05, 0) is 42.5 Å². The van der Waals surface area contributed by atoms with Gasteiger partial charge in [0.05, 0.1) is 9.80 Å². The lowest BCUT2D eigenvalue weighted by molar-refractivity contribution is -0.115. The molecule has 0 unspecified atom stereocenters. The van der Waals surface area contributed by atoms with Crippen LogP contribution in [0.3, 0.4) is 0 Å². The Balaban J connectivity index is 1.86. The summed E-state index contributed by atoms with van der Waals surface area (Å²) in [5.74, 6) is -0.360. The molecule has 0 atom stereocenters. The second-order valence-corrected chi connectivity index (χ2v) is 7.79. The topological polar surface area (TPSA) is 75.6 Å². The maximum Gasteiger partial charge on any atom is 0.284 e. The van der Waals surface area contributed by atoms with Crippen molar-refractivity contribution in [1.29, 1.82) is 0 Å². The Hall–Kier alpha value is -2.38. The zero-order valence-corrected chi connectivity index (χ0v) is 14.4. The Bertz CT molecular complexity index is 932. The van der Waals surface area contributed by atoms with E-state index in [4.69, 9.17) is 0 Å². The Labute approximate surface area is 144 Å². The van der Waals surface area contributed by atoms with Crippen molar-refractivity contribution in [2.45, 2.75) is 11.8 Å². The van der Waals surface area contributed by atoms with E-state index in [-0.39, 0.29) is 16.0 Å². The van der Waals surface area contributed by atoms with Crippen molar-refractivity contribution in [1.82, 2.24) is 5.32 Å². The minimum Gasteiger partial charge on any atom is -0.300 e. The van der Waals surface area contributed by atoms with Gasteiger partial charge in [-0.25, -0.2) is 0 Å². The lowest BCUT2D eigenvalue weighted by Gasteiger charge is -2.00. The molecule has 1 fully saturated rings. The third-order valence-electron chi connectivity index (χ3n) is 3.27. The van der Waals surface area contributed by atoms with Gasteiger partial charge in [0.1, 0.15) is 0 Å². The van der Waals surface area contributed by atoms with Crippen LogP contribution in [0.15, 0.2) is 68.8 Å². The van der Waals surface area contributed by atoms with Crippen LogP contribution in [0.2, 0.25) is 0 Å². The van der Waals surface area contributed by atoms with Crippen LogP contribution < -0.4 is 5.32 Å². The molecule has 0 aliphatic carbocycles. The molecule has 0 saturated carbocycles. The van der Waals surface area contributed by atoms with E-state index in [1.807, 2.05) is 37.3 Å². The number of hydrogen-bond donors (Lipinski definition) is 1.